The Labute approximate surface area is 123 Å². The maximum atomic E-state index is 12.6. The maximum Gasteiger partial charge on any atom is 0.335 e. The topological polar surface area (TPSA) is 71.4 Å². The molecule has 2 aromatic rings. The molecule has 1 saturated carbocycles. The summed E-state index contributed by atoms with van der Waals surface area (Å²) >= 11 is 0. The average molecular weight is 302 g/mol. The van der Waals surface area contributed by atoms with E-state index in [0.717, 1.165) is 5.56 Å². The van der Waals surface area contributed by atoms with E-state index >= 15 is 0 Å². The van der Waals surface area contributed by atoms with Crippen molar-refractivity contribution < 1.29 is 18.3 Å². The second kappa shape index (κ2) is 5.00. The number of carbonyl (C=O) groups is 1. The zero-order valence-corrected chi connectivity index (χ0v) is 12.0. The summed E-state index contributed by atoms with van der Waals surface area (Å²) in [5.74, 6) is -1.12. The van der Waals surface area contributed by atoms with Crippen LogP contribution in [-0.2, 0) is 9.84 Å². The number of benzene rings is 2. The molecule has 108 valence electrons. The molecule has 2 unspecified atom stereocenters. The predicted molar refractivity (Wildman–Crippen MR) is 78.2 cm³/mol. The van der Waals surface area contributed by atoms with E-state index < -0.39 is 21.1 Å². The highest BCUT2D eigenvalue weighted by atomic mass is 32.2. The predicted octanol–water partition coefficient (Wildman–Crippen LogP) is 2.71. The third-order valence-electron chi connectivity index (χ3n) is 3.77. The van der Waals surface area contributed by atoms with Crippen molar-refractivity contribution in [3.63, 3.8) is 0 Å². The lowest BCUT2D eigenvalue weighted by Gasteiger charge is -2.05. The van der Waals surface area contributed by atoms with Crippen LogP contribution < -0.4 is 0 Å². The molecule has 0 heterocycles. The zero-order valence-electron chi connectivity index (χ0n) is 11.1. The highest BCUT2D eigenvalue weighted by molar-refractivity contribution is 7.92. The van der Waals surface area contributed by atoms with Gasteiger partial charge in [0.15, 0.2) is 9.84 Å². The van der Waals surface area contributed by atoms with Gasteiger partial charge in [0.2, 0.25) is 0 Å². The van der Waals surface area contributed by atoms with Crippen molar-refractivity contribution in [2.45, 2.75) is 22.5 Å². The second-order valence-corrected chi connectivity index (χ2v) is 7.34. The number of hydrogen-bond acceptors (Lipinski definition) is 3. The lowest BCUT2D eigenvalue weighted by molar-refractivity contribution is 0.0696. The molecule has 5 heteroatoms. The Balaban J connectivity index is 1.89. The van der Waals surface area contributed by atoms with Crippen molar-refractivity contribution in [1.29, 1.82) is 0 Å². The Bertz CT molecular complexity index is 781. The van der Waals surface area contributed by atoms with Gasteiger partial charge in [-0.05, 0) is 30.2 Å². The summed E-state index contributed by atoms with van der Waals surface area (Å²) in [6, 6.07) is 15.1. The fraction of sp³-hybridized carbons (Fsp3) is 0.188. The summed E-state index contributed by atoms with van der Waals surface area (Å²) in [6.07, 6.45) is 0.587. The van der Waals surface area contributed by atoms with Gasteiger partial charge in [0.05, 0.1) is 15.7 Å². The lowest BCUT2D eigenvalue weighted by atomic mass is 10.1. The summed E-state index contributed by atoms with van der Waals surface area (Å²) in [4.78, 5) is 11.0. The van der Waals surface area contributed by atoms with Crippen LogP contribution in [0.15, 0.2) is 59.5 Å². The van der Waals surface area contributed by atoms with Gasteiger partial charge >= 0.3 is 5.97 Å². The monoisotopic (exact) mass is 302 g/mol. The van der Waals surface area contributed by atoms with Crippen LogP contribution in [0, 0.1) is 0 Å². The molecule has 1 N–H and O–H groups in total. The van der Waals surface area contributed by atoms with Crippen LogP contribution in [0.1, 0.15) is 28.3 Å². The van der Waals surface area contributed by atoms with Crippen molar-refractivity contribution >= 4 is 15.8 Å². The molecule has 0 aliphatic heterocycles. The van der Waals surface area contributed by atoms with Gasteiger partial charge in [-0.3, -0.25) is 0 Å². The number of rotatable bonds is 4. The summed E-state index contributed by atoms with van der Waals surface area (Å²) in [5.41, 5.74) is 1.01. The van der Waals surface area contributed by atoms with Crippen molar-refractivity contribution in [2.75, 3.05) is 0 Å². The fourth-order valence-corrected chi connectivity index (χ4v) is 4.51. The van der Waals surface area contributed by atoms with Crippen LogP contribution in [0.2, 0.25) is 0 Å². The van der Waals surface area contributed by atoms with Gasteiger partial charge in [0.25, 0.3) is 0 Å². The molecule has 1 fully saturated rings. The van der Waals surface area contributed by atoms with Gasteiger partial charge in [0.1, 0.15) is 0 Å². The first kappa shape index (κ1) is 13.8. The van der Waals surface area contributed by atoms with Crippen molar-refractivity contribution in [2.24, 2.45) is 0 Å². The van der Waals surface area contributed by atoms with E-state index in [1.54, 1.807) is 0 Å². The SMILES string of the molecule is O=C(O)c1cccc(S(=O)(=O)C2CC2c2ccccc2)c1. The largest absolute Gasteiger partial charge is 0.478 e. The van der Waals surface area contributed by atoms with Crippen LogP contribution >= 0.6 is 0 Å². The minimum atomic E-state index is -3.48. The minimum absolute atomic E-state index is 0.00434. The Hall–Kier alpha value is -2.14. The van der Waals surface area contributed by atoms with Gasteiger partial charge in [-0.1, -0.05) is 36.4 Å². The molecule has 0 amide bonds. The summed E-state index contributed by atoms with van der Waals surface area (Å²) < 4.78 is 25.1. The Morgan fingerprint density at radius 2 is 1.76 bits per heavy atom. The quantitative estimate of drug-likeness (QED) is 0.942. The van der Waals surface area contributed by atoms with Gasteiger partial charge in [-0.2, -0.15) is 0 Å². The summed E-state index contributed by atoms with van der Waals surface area (Å²) in [5, 5.41) is 8.51. The number of carboxylic acids is 1. The van der Waals surface area contributed by atoms with E-state index in [0.29, 0.717) is 6.42 Å². The van der Waals surface area contributed by atoms with E-state index in [2.05, 4.69) is 0 Å². The molecule has 2 aromatic carbocycles. The van der Waals surface area contributed by atoms with Gasteiger partial charge < -0.3 is 5.11 Å². The van der Waals surface area contributed by atoms with Crippen LogP contribution in [0.3, 0.4) is 0 Å². The highest BCUT2D eigenvalue weighted by Crippen LogP contribution is 2.47. The molecule has 1 aliphatic carbocycles. The summed E-state index contributed by atoms with van der Waals surface area (Å²) in [7, 11) is -3.48. The highest BCUT2D eigenvalue weighted by Gasteiger charge is 2.48. The van der Waals surface area contributed by atoms with Gasteiger partial charge in [-0.25, -0.2) is 13.2 Å². The third-order valence-corrected chi connectivity index (χ3v) is 6.00. The molecular weight excluding hydrogens is 288 g/mol. The third kappa shape index (κ3) is 2.56. The van der Waals surface area contributed by atoms with Crippen LogP contribution in [-0.4, -0.2) is 24.7 Å². The molecule has 3 rings (SSSR count). The smallest absolute Gasteiger partial charge is 0.335 e. The Morgan fingerprint density at radius 1 is 1.05 bits per heavy atom. The zero-order chi connectivity index (χ0) is 15.0. The van der Waals surface area contributed by atoms with Crippen LogP contribution in [0.4, 0.5) is 0 Å². The molecule has 0 saturated heterocycles. The molecule has 21 heavy (non-hydrogen) atoms. The van der Waals surface area contributed by atoms with Gasteiger partial charge in [-0.15, -0.1) is 0 Å². The van der Waals surface area contributed by atoms with Crippen LogP contribution in [0.25, 0.3) is 0 Å². The van der Waals surface area contributed by atoms with Crippen molar-refractivity contribution in [3.05, 3.63) is 65.7 Å². The molecule has 0 spiro atoms. The molecule has 2 atom stereocenters. The first-order chi connectivity index (χ1) is 10.00. The fourth-order valence-electron chi connectivity index (χ4n) is 2.55. The molecular formula is C16H14O4S. The molecule has 1 aliphatic rings. The molecule has 4 nitrogen and oxygen atoms in total. The molecule has 0 aromatic heterocycles. The van der Waals surface area contributed by atoms with E-state index in [-0.39, 0.29) is 16.4 Å². The molecule has 0 radical (unpaired) electrons. The standard InChI is InChI=1S/C16H14O4S/c17-16(18)12-7-4-8-13(9-12)21(19,20)15-10-14(15)11-5-2-1-3-6-11/h1-9,14-15H,10H2,(H,17,18). The molecule has 0 bridgehead atoms. The van der Waals surface area contributed by atoms with Crippen molar-refractivity contribution in [1.82, 2.24) is 0 Å². The number of aromatic carboxylic acids is 1. The maximum absolute atomic E-state index is 12.6. The Morgan fingerprint density at radius 3 is 2.43 bits per heavy atom. The minimum Gasteiger partial charge on any atom is -0.478 e. The van der Waals surface area contributed by atoms with Crippen molar-refractivity contribution in [3.8, 4) is 0 Å². The normalized spacial score (nSPS) is 21.0. The van der Waals surface area contributed by atoms with E-state index in [1.165, 1.54) is 24.3 Å². The summed E-state index contributed by atoms with van der Waals surface area (Å²) in [6.45, 7) is 0. The number of carboxylic acid groups (broad SMARTS) is 1. The second-order valence-electron chi connectivity index (χ2n) is 5.17. The number of sulfone groups is 1. The van der Waals surface area contributed by atoms with E-state index in [4.69, 9.17) is 5.11 Å². The first-order valence-electron chi connectivity index (χ1n) is 6.62. The van der Waals surface area contributed by atoms with E-state index in [1.807, 2.05) is 30.3 Å². The van der Waals surface area contributed by atoms with Crippen LogP contribution in [0.5, 0.6) is 0 Å². The van der Waals surface area contributed by atoms with Gasteiger partial charge in [0, 0.05) is 5.92 Å². The lowest BCUT2D eigenvalue weighted by Crippen LogP contribution is -2.10. The first-order valence-corrected chi connectivity index (χ1v) is 8.17. The van der Waals surface area contributed by atoms with E-state index in [9.17, 15) is 13.2 Å². The average Bonchev–Trinajstić information content (AvgIpc) is 3.29. The number of hydrogen-bond donors (Lipinski definition) is 1. The Kier molecular flexibility index (Phi) is 3.29.